The molecule has 0 bridgehead atoms. The van der Waals surface area contributed by atoms with E-state index < -0.39 is 6.04 Å². The fraction of sp³-hybridized carbons (Fsp3) is 0.310. The van der Waals surface area contributed by atoms with E-state index in [0.29, 0.717) is 35.8 Å². The molecule has 0 aliphatic heterocycles. The number of carbonyl (C=O) groups is 1. The van der Waals surface area contributed by atoms with Gasteiger partial charge in [-0.15, -0.1) is 0 Å². The van der Waals surface area contributed by atoms with Gasteiger partial charge in [-0.1, -0.05) is 47.6 Å². The zero-order valence-corrected chi connectivity index (χ0v) is 20.1. The fourth-order valence-electron chi connectivity index (χ4n) is 5.17. The van der Waals surface area contributed by atoms with Crippen LogP contribution in [0.2, 0.25) is 0 Å². The van der Waals surface area contributed by atoms with E-state index in [2.05, 4.69) is 10.5 Å². The first kappa shape index (κ1) is 24.0. The Balaban J connectivity index is 1.45. The van der Waals surface area contributed by atoms with Crippen molar-refractivity contribution in [2.75, 3.05) is 12.3 Å². The predicted molar refractivity (Wildman–Crippen MR) is 139 cm³/mol. The molecule has 1 aromatic heterocycles. The van der Waals surface area contributed by atoms with Crippen LogP contribution in [-0.2, 0) is 11.2 Å². The molecule has 1 atom stereocenters. The van der Waals surface area contributed by atoms with Gasteiger partial charge < -0.3 is 21.3 Å². The summed E-state index contributed by atoms with van der Waals surface area (Å²) in [5, 5.41) is 7.73. The molecule has 1 saturated carbocycles. The average molecular weight is 487 g/mol. The molecular formula is C29H31FN4O2. The van der Waals surface area contributed by atoms with Crippen LogP contribution in [-0.4, -0.2) is 17.6 Å². The maximum Gasteiger partial charge on any atom is 0.223 e. The summed E-state index contributed by atoms with van der Waals surface area (Å²) in [4.78, 5) is 13.3. The topological polar surface area (TPSA) is 107 Å². The van der Waals surface area contributed by atoms with Gasteiger partial charge in [0.1, 0.15) is 5.82 Å². The number of nitrogens with two attached hydrogens (primary N) is 2. The molecule has 36 heavy (non-hydrogen) atoms. The van der Waals surface area contributed by atoms with Gasteiger partial charge in [0.2, 0.25) is 5.91 Å². The van der Waals surface area contributed by atoms with E-state index >= 15 is 4.39 Å². The van der Waals surface area contributed by atoms with Crippen molar-refractivity contribution < 1.29 is 13.7 Å². The zero-order chi connectivity index (χ0) is 25.1. The number of nitrogens with one attached hydrogen (secondary N) is 1. The summed E-state index contributed by atoms with van der Waals surface area (Å²) >= 11 is 0. The third-order valence-corrected chi connectivity index (χ3v) is 7.35. The lowest BCUT2D eigenvalue weighted by Crippen LogP contribution is -2.37. The molecule has 6 nitrogen and oxygen atoms in total. The SMILES string of the molecule is NCC1CCC(C(=O)NC(Cc2ccccc2)c2cc(-c3ccc4c(N)noc4c3)ccc2F)CC1. The molecule has 0 spiro atoms. The summed E-state index contributed by atoms with van der Waals surface area (Å²) in [6.07, 6.45) is 4.03. The van der Waals surface area contributed by atoms with Gasteiger partial charge in [0.05, 0.1) is 11.4 Å². The number of halogens is 1. The van der Waals surface area contributed by atoms with E-state index in [0.717, 1.165) is 47.8 Å². The molecule has 1 unspecified atom stereocenters. The number of hydrogen-bond donors (Lipinski definition) is 3. The number of rotatable bonds is 7. The molecule has 5 N–H and O–H groups in total. The van der Waals surface area contributed by atoms with Crippen molar-refractivity contribution >= 4 is 22.7 Å². The maximum absolute atomic E-state index is 15.3. The van der Waals surface area contributed by atoms with Crippen LogP contribution in [0.4, 0.5) is 10.2 Å². The van der Waals surface area contributed by atoms with Crippen LogP contribution in [0.3, 0.4) is 0 Å². The predicted octanol–water partition coefficient (Wildman–Crippen LogP) is 5.38. The number of aromatic nitrogens is 1. The Bertz CT molecular complexity index is 1350. The second-order valence-electron chi connectivity index (χ2n) is 9.72. The Morgan fingerprint density at radius 2 is 1.75 bits per heavy atom. The second-order valence-corrected chi connectivity index (χ2v) is 9.72. The molecule has 5 rings (SSSR count). The van der Waals surface area contributed by atoms with Gasteiger partial charge in [0.25, 0.3) is 0 Å². The van der Waals surface area contributed by atoms with E-state index in [4.69, 9.17) is 16.0 Å². The summed E-state index contributed by atoms with van der Waals surface area (Å²) in [5.74, 6) is 0.381. The first-order valence-corrected chi connectivity index (χ1v) is 12.5. The highest BCUT2D eigenvalue weighted by Gasteiger charge is 2.28. The maximum atomic E-state index is 15.3. The summed E-state index contributed by atoms with van der Waals surface area (Å²) in [6, 6.07) is 19.9. The van der Waals surface area contributed by atoms with E-state index in [9.17, 15) is 4.79 Å². The third kappa shape index (κ3) is 5.11. The average Bonchev–Trinajstić information content (AvgIpc) is 3.29. The largest absolute Gasteiger partial charge is 0.380 e. The van der Waals surface area contributed by atoms with Crippen molar-refractivity contribution in [1.82, 2.24) is 10.5 Å². The Hall–Kier alpha value is -3.71. The molecule has 7 heteroatoms. The third-order valence-electron chi connectivity index (χ3n) is 7.35. The molecule has 1 fully saturated rings. The molecule has 0 saturated heterocycles. The standard InChI is InChI=1S/C29H31FN4O2/c30-25-13-11-21(22-10-12-23-27(16-22)36-34-28(23)32)15-24(25)26(14-18-4-2-1-3-5-18)33-29(35)20-8-6-19(17-31)7-9-20/h1-5,10-13,15-16,19-20,26H,6-9,14,17,31H2,(H2,32,34)(H,33,35). The highest BCUT2D eigenvalue weighted by Crippen LogP contribution is 2.32. The molecule has 1 amide bonds. The fourth-order valence-corrected chi connectivity index (χ4v) is 5.17. The van der Waals surface area contributed by atoms with Crippen molar-refractivity contribution in [1.29, 1.82) is 0 Å². The van der Waals surface area contributed by atoms with E-state index in [1.54, 1.807) is 6.07 Å². The van der Waals surface area contributed by atoms with Gasteiger partial charge in [-0.05, 0) is 85.5 Å². The summed E-state index contributed by atoms with van der Waals surface area (Å²) in [5.41, 5.74) is 15.4. The van der Waals surface area contributed by atoms with E-state index in [1.165, 1.54) is 6.07 Å². The molecule has 1 aliphatic carbocycles. The van der Waals surface area contributed by atoms with Gasteiger partial charge in [-0.25, -0.2) is 4.39 Å². The van der Waals surface area contributed by atoms with Gasteiger partial charge in [-0.3, -0.25) is 4.79 Å². The number of nitrogen functional groups attached to an aromatic ring is 1. The van der Waals surface area contributed by atoms with Gasteiger partial charge in [0.15, 0.2) is 11.4 Å². The molecule has 1 heterocycles. The highest BCUT2D eigenvalue weighted by atomic mass is 19.1. The van der Waals surface area contributed by atoms with Crippen molar-refractivity contribution in [3.63, 3.8) is 0 Å². The monoisotopic (exact) mass is 486 g/mol. The van der Waals surface area contributed by atoms with Gasteiger partial charge in [0, 0.05) is 11.5 Å². The minimum Gasteiger partial charge on any atom is -0.380 e. The van der Waals surface area contributed by atoms with Crippen LogP contribution in [0.1, 0.15) is 42.9 Å². The Labute approximate surface area is 209 Å². The Morgan fingerprint density at radius 3 is 2.50 bits per heavy atom. The number of anilines is 1. The number of fused-ring (bicyclic) bond motifs is 1. The lowest BCUT2D eigenvalue weighted by atomic mass is 9.81. The summed E-state index contributed by atoms with van der Waals surface area (Å²) in [6.45, 7) is 0.662. The Kier molecular flexibility index (Phi) is 7.00. The van der Waals surface area contributed by atoms with Crippen molar-refractivity contribution in [3.05, 3.63) is 83.7 Å². The minimum atomic E-state index is -0.503. The summed E-state index contributed by atoms with van der Waals surface area (Å²) in [7, 11) is 0. The Morgan fingerprint density at radius 1 is 1.03 bits per heavy atom. The number of carbonyl (C=O) groups excluding carboxylic acids is 1. The van der Waals surface area contributed by atoms with E-state index in [1.807, 2.05) is 54.6 Å². The van der Waals surface area contributed by atoms with Crippen LogP contribution in [0.15, 0.2) is 71.3 Å². The van der Waals surface area contributed by atoms with Gasteiger partial charge in [-0.2, -0.15) is 0 Å². The zero-order valence-electron chi connectivity index (χ0n) is 20.1. The lowest BCUT2D eigenvalue weighted by Gasteiger charge is -2.29. The highest BCUT2D eigenvalue weighted by molar-refractivity contribution is 5.90. The van der Waals surface area contributed by atoms with Crippen molar-refractivity contribution in [3.8, 4) is 11.1 Å². The number of benzene rings is 3. The molecule has 1 aliphatic rings. The first-order chi connectivity index (χ1) is 17.5. The lowest BCUT2D eigenvalue weighted by molar-refractivity contribution is -0.127. The van der Waals surface area contributed by atoms with Crippen LogP contribution in [0.25, 0.3) is 22.1 Å². The smallest absolute Gasteiger partial charge is 0.223 e. The van der Waals surface area contributed by atoms with Crippen LogP contribution < -0.4 is 16.8 Å². The normalized spacial score (nSPS) is 18.7. The van der Waals surface area contributed by atoms with Crippen LogP contribution >= 0.6 is 0 Å². The number of nitrogens with zero attached hydrogens (tertiary/aromatic N) is 1. The number of hydrogen-bond acceptors (Lipinski definition) is 5. The van der Waals surface area contributed by atoms with E-state index in [-0.39, 0.29) is 17.6 Å². The van der Waals surface area contributed by atoms with Crippen molar-refractivity contribution in [2.24, 2.45) is 17.6 Å². The van der Waals surface area contributed by atoms with Crippen LogP contribution in [0.5, 0.6) is 0 Å². The van der Waals surface area contributed by atoms with Crippen molar-refractivity contribution in [2.45, 2.75) is 38.1 Å². The summed E-state index contributed by atoms with van der Waals surface area (Å²) < 4.78 is 20.6. The molecule has 0 radical (unpaired) electrons. The molecular weight excluding hydrogens is 455 g/mol. The molecule has 4 aromatic rings. The van der Waals surface area contributed by atoms with Gasteiger partial charge >= 0.3 is 0 Å². The molecule has 186 valence electrons. The van der Waals surface area contributed by atoms with Crippen LogP contribution in [0, 0.1) is 17.7 Å². The molecule has 3 aromatic carbocycles. The second kappa shape index (κ2) is 10.5. The first-order valence-electron chi connectivity index (χ1n) is 12.5. The number of amides is 1. The quantitative estimate of drug-likeness (QED) is 0.325. The minimum absolute atomic E-state index is 0.0187.